The minimum absolute atomic E-state index is 0. The van der Waals surface area contributed by atoms with E-state index < -0.39 is 14.3 Å². The van der Waals surface area contributed by atoms with Crippen LogP contribution >= 0.6 is 22.3 Å². The molecular formula is C10H24Cl2O2S. The molecule has 15 heavy (non-hydrogen) atoms. The van der Waals surface area contributed by atoms with Crippen LogP contribution in [0.3, 0.4) is 0 Å². The number of hydrogen-bond acceptors (Lipinski definition) is 2. The summed E-state index contributed by atoms with van der Waals surface area (Å²) in [6.45, 7) is 3.80. The highest BCUT2D eigenvalue weighted by molar-refractivity contribution is 8.14. The van der Waals surface area contributed by atoms with Gasteiger partial charge in [-0.15, -0.1) is 11.6 Å². The number of hydrogen-bond donors (Lipinski definition) is 0. The van der Waals surface area contributed by atoms with Crippen LogP contribution in [0.4, 0.5) is 0 Å². The van der Waals surface area contributed by atoms with E-state index in [2.05, 4.69) is 0 Å². The van der Waals surface area contributed by atoms with Crippen LogP contribution in [0.15, 0.2) is 0 Å². The molecule has 0 bridgehead atoms. The largest absolute Gasteiger partial charge is 0.235 e. The van der Waals surface area contributed by atoms with E-state index in [9.17, 15) is 8.42 Å². The van der Waals surface area contributed by atoms with E-state index in [1.54, 1.807) is 6.92 Å². The van der Waals surface area contributed by atoms with Gasteiger partial charge in [0.05, 0.1) is 5.25 Å². The topological polar surface area (TPSA) is 34.1 Å². The summed E-state index contributed by atoms with van der Waals surface area (Å²) in [5.74, 6) is 0. The lowest BCUT2D eigenvalue weighted by atomic mass is 10.1. The fraction of sp³-hybridized carbons (Fsp3) is 1.00. The van der Waals surface area contributed by atoms with Gasteiger partial charge in [0.25, 0.3) is 0 Å². The van der Waals surface area contributed by atoms with Crippen molar-refractivity contribution < 1.29 is 8.42 Å². The molecule has 96 valence electrons. The maximum atomic E-state index is 11.1. The Morgan fingerprint density at radius 1 is 1.27 bits per heavy atom. The van der Waals surface area contributed by atoms with Crippen LogP contribution in [-0.2, 0) is 9.05 Å². The van der Waals surface area contributed by atoms with Gasteiger partial charge in [-0.05, 0) is 19.8 Å². The monoisotopic (exact) mass is 278 g/mol. The predicted octanol–water partition coefficient (Wildman–Crippen LogP) is 4.40. The lowest BCUT2D eigenvalue weighted by Gasteiger charge is -2.13. The lowest BCUT2D eigenvalue weighted by Crippen LogP contribution is -2.19. The molecule has 0 N–H and O–H groups in total. The molecule has 0 radical (unpaired) electrons. The second kappa shape index (κ2) is 9.73. The summed E-state index contributed by atoms with van der Waals surface area (Å²) in [6.07, 6.45) is 2.90. The van der Waals surface area contributed by atoms with E-state index in [0.717, 1.165) is 12.8 Å². The van der Waals surface area contributed by atoms with Gasteiger partial charge >= 0.3 is 0 Å². The van der Waals surface area contributed by atoms with Crippen LogP contribution in [0.5, 0.6) is 0 Å². The van der Waals surface area contributed by atoms with Crippen molar-refractivity contribution in [2.24, 2.45) is 0 Å². The Bertz CT molecular complexity index is 226. The van der Waals surface area contributed by atoms with Crippen LogP contribution in [0, 0.1) is 0 Å². The molecule has 2 unspecified atom stereocenters. The van der Waals surface area contributed by atoms with Gasteiger partial charge in [-0.25, -0.2) is 8.42 Å². The fourth-order valence-electron chi connectivity index (χ4n) is 1.17. The van der Waals surface area contributed by atoms with Gasteiger partial charge in [-0.1, -0.05) is 34.6 Å². The summed E-state index contributed by atoms with van der Waals surface area (Å²) in [6, 6.07) is 0. The number of halogens is 2. The van der Waals surface area contributed by atoms with Crippen LogP contribution in [0.25, 0.3) is 0 Å². The first-order valence-electron chi connectivity index (χ1n) is 4.45. The number of alkyl halides is 1. The molecule has 0 spiro atoms. The molecule has 2 atom stereocenters. The molecular weight excluding hydrogens is 255 g/mol. The minimum Gasteiger partial charge on any atom is -0.212 e. The van der Waals surface area contributed by atoms with E-state index in [0.29, 0.717) is 12.8 Å². The quantitative estimate of drug-likeness (QED) is 0.533. The third-order valence-corrected chi connectivity index (χ3v) is 4.02. The molecule has 0 aliphatic rings. The Morgan fingerprint density at radius 3 is 2.00 bits per heavy atom. The third kappa shape index (κ3) is 10.8. The molecule has 0 aromatic rings. The van der Waals surface area contributed by atoms with Crippen molar-refractivity contribution in [3.8, 4) is 0 Å². The molecule has 0 saturated heterocycles. The average molecular weight is 279 g/mol. The number of rotatable bonds is 6. The summed E-state index contributed by atoms with van der Waals surface area (Å²) < 4.78 is 22.2. The summed E-state index contributed by atoms with van der Waals surface area (Å²) in [4.78, 5) is 0. The molecule has 0 aliphatic heterocycles. The van der Waals surface area contributed by atoms with E-state index >= 15 is 0 Å². The van der Waals surface area contributed by atoms with E-state index in [-0.39, 0.29) is 20.2 Å². The highest BCUT2D eigenvalue weighted by Gasteiger charge is 2.23. The molecule has 2 nitrogen and oxygen atoms in total. The summed E-state index contributed by atoms with van der Waals surface area (Å²) in [5, 5.41) is -0.628. The molecule has 0 rings (SSSR count). The Kier molecular flexibility index (Phi) is 13.6. The second-order valence-electron chi connectivity index (χ2n) is 3.26. The smallest absolute Gasteiger partial charge is 0.212 e. The molecule has 0 fully saturated rings. The van der Waals surface area contributed by atoms with Crippen molar-refractivity contribution in [3.05, 3.63) is 0 Å². The summed E-state index contributed by atoms with van der Waals surface area (Å²) >= 11 is 5.73. The van der Waals surface area contributed by atoms with Crippen molar-refractivity contribution >= 4 is 31.3 Å². The van der Waals surface area contributed by atoms with E-state index in [4.69, 9.17) is 22.3 Å². The van der Waals surface area contributed by atoms with Crippen molar-refractivity contribution in [1.29, 1.82) is 0 Å². The van der Waals surface area contributed by atoms with Crippen molar-refractivity contribution in [2.45, 2.75) is 65.0 Å². The number of unbranched alkanes of at least 4 members (excludes halogenated alkanes) is 1. The van der Waals surface area contributed by atoms with Crippen molar-refractivity contribution in [2.75, 3.05) is 0 Å². The maximum absolute atomic E-state index is 11.1. The second-order valence-corrected chi connectivity index (χ2v) is 6.91. The Labute approximate surface area is 105 Å². The standard InChI is InChI=1S/C8H16Cl2O2S.2CH4/c1-3-4-5-8(6-7(2)9)13(10,11)12;;/h7-8H,3-6H2,1-2H3;2*1H4. The first-order chi connectivity index (χ1) is 5.88. The zero-order valence-corrected chi connectivity index (χ0v) is 10.3. The van der Waals surface area contributed by atoms with Gasteiger partial charge in [-0.2, -0.15) is 0 Å². The molecule has 0 saturated carbocycles. The van der Waals surface area contributed by atoms with Gasteiger partial charge in [0.15, 0.2) is 0 Å². The average Bonchev–Trinajstić information content (AvgIpc) is 1.95. The van der Waals surface area contributed by atoms with Crippen molar-refractivity contribution in [1.82, 2.24) is 0 Å². The van der Waals surface area contributed by atoms with Gasteiger partial charge in [0.1, 0.15) is 0 Å². The van der Waals surface area contributed by atoms with Gasteiger partial charge < -0.3 is 0 Å². The van der Waals surface area contributed by atoms with Gasteiger partial charge in [0, 0.05) is 16.1 Å². The van der Waals surface area contributed by atoms with E-state index in [1.165, 1.54) is 0 Å². The highest BCUT2D eigenvalue weighted by atomic mass is 35.7. The normalized spacial score (nSPS) is 14.7. The SMILES string of the molecule is C.C.CCCCC(CC(C)Cl)S(=O)(=O)Cl. The first kappa shape index (κ1) is 20.9. The van der Waals surface area contributed by atoms with Crippen LogP contribution in [0.1, 0.15) is 54.4 Å². The molecule has 0 aliphatic carbocycles. The van der Waals surface area contributed by atoms with Crippen LogP contribution < -0.4 is 0 Å². The first-order valence-corrected chi connectivity index (χ1v) is 7.26. The zero-order valence-electron chi connectivity index (χ0n) is 7.96. The molecule has 0 heterocycles. The van der Waals surface area contributed by atoms with Crippen molar-refractivity contribution in [3.63, 3.8) is 0 Å². The fourth-order valence-corrected chi connectivity index (χ4v) is 2.94. The lowest BCUT2D eigenvalue weighted by molar-refractivity contribution is 0.562. The Hall–Kier alpha value is 0.530. The van der Waals surface area contributed by atoms with Gasteiger partial charge in [0.2, 0.25) is 9.05 Å². The molecule has 0 aromatic carbocycles. The zero-order chi connectivity index (χ0) is 10.5. The van der Waals surface area contributed by atoms with Gasteiger partial charge in [-0.3, -0.25) is 0 Å². The Balaban J connectivity index is -0.000000720. The predicted molar refractivity (Wildman–Crippen MR) is 71.5 cm³/mol. The van der Waals surface area contributed by atoms with Crippen LogP contribution in [0.2, 0.25) is 0 Å². The Morgan fingerprint density at radius 2 is 1.73 bits per heavy atom. The third-order valence-electron chi connectivity index (χ3n) is 1.87. The summed E-state index contributed by atoms with van der Waals surface area (Å²) in [5.41, 5.74) is 0. The molecule has 0 amide bonds. The van der Waals surface area contributed by atoms with E-state index in [1.807, 2.05) is 6.92 Å². The van der Waals surface area contributed by atoms with Crippen LogP contribution in [-0.4, -0.2) is 19.0 Å². The summed E-state index contributed by atoms with van der Waals surface area (Å²) in [7, 11) is 1.85. The molecule has 5 heteroatoms. The minimum atomic E-state index is -3.44. The maximum Gasteiger partial charge on any atom is 0.235 e. The highest BCUT2D eigenvalue weighted by Crippen LogP contribution is 2.21. The molecule has 0 aromatic heterocycles.